The van der Waals surface area contributed by atoms with E-state index < -0.39 is 10.0 Å². The molecule has 10 heteroatoms. The van der Waals surface area contributed by atoms with Crippen molar-refractivity contribution in [2.45, 2.75) is 13.0 Å². The summed E-state index contributed by atoms with van der Waals surface area (Å²) in [6.07, 6.45) is 1.22. The molecule has 0 spiro atoms. The minimum Gasteiger partial charge on any atom is -0.378 e. The zero-order chi connectivity index (χ0) is 18.9. The summed E-state index contributed by atoms with van der Waals surface area (Å²) in [6.45, 7) is 5.71. The monoisotopic (exact) mass is 384 g/mol. The molecule has 2 heterocycles. The maximum Gasteiger partial charge on any atom is 0.292 e. The molecule has 0 aliphatic carbocycles. The van der Waals surface area contributed by atoms with Gasteiger partial charge in [0.25, 0.3) is 5.69 Å². The van der Waals surface area contributed by atoms with Crippen molar-refractivity contribution in [3.8, 4) is 0 Å². The van der Waals surface area contributed by atoms with Crippen LogP contribution in [0.15, 0.2) is 18.2 Å². The quantitative estimate of drug-likeness (QED) is 0.562. The first-order valence-electron chi connectivity index (χ1n) is 8.60. The molecule has 0 N–H and O–H groups in total. The molecule has 2 fully saturated rings. The Labute approximate surface area is 153 Å². The van der Waals surface area contributed by atoms with Crippen LogP contribution in [0.2, 0.25) is 0 Å². The fourth-order valence-corrected chi connectivity index (χ4v) is 4.72. The molecular formula is C16H24N4O5S. The van der Waals surface area contributed by atoms with Crippen molar-refractivity contribution in [2.75, 3.05) is 62.0 Å². The van der Waals surface area contributed by atoms with Gasteiger partial charge in [-0.15, -0.1) is 0 Å². The highest BCUT2D eigenvalue weighted by Crippen LogP contribution is 2.34. The molecule has 0 bridgehead atoms. The first-order valence-corrected chi connectivity index (χ1v) is 10.4. The van der Waals surface area contributed by atoms with Crippen LogP contribution in [-0.2, 0) is 14.8 Å². The molecule has 1 atom stereocenters. The van der Waals surface area contributed by atoms with E-state index in [1.54, 1.807) is 6.07 Å². The minimum atomic E-state index is -3.23. The maximum absolute atomic E-state index is 11.8. The van der Waals surface area contributed by atoms with Gasteiger partial charge in [-0.05, 0) is 19.1 Å². The van der Waals surface area contributed by atoms with Crippen LogP contribution in [-0.4, -0.2) is 75.9 Å². The number of piperazine rings is 1. The first-order chi connectivity index (χ1) is 12.3. The third-order valence-electron chi connectivity index (χ3n) is 4.87. The van der Waals surface area contributed by atoms with Gasteiger partial charge < -0.3 is 14.5 Å². The molecule has 2 aliphatic heterocycles. The molecule has 1 aromatic carbocycles. The fourth-order valence-electron chi connectivity index (χ4n) is 3.59. The van der Waals surface area contributed by atoms with E-state index in [4.69, 9.17) is 4.74 Å². The van der Waals surface area contributed by atoms with Gasteiger partial charge in [0.05, 0.1) is 24.4 Å². The van der Waals surface area contributed by atoms with Crippen LogP contribution >= 0.6 is 0 Å². The Hall–Kier alpha value is -1.91. The van der Waals surface area contributed by atoms with Crippen molar-refractivity contribution in [1.82, 2.24) is 4.31 Å². The number of anilines is 2. The minimum absolute atomic E-state index is 0.0819. The fraction of sp³-hybridized carbons (Fsp3) is 0.625. The Morgan fingerprint density at radius 2 is 1.85 bits per heavy atom. The summed E-state index contributed by atoms with van der Waals surface area (Å²) in [6, 6.07) is 4.96. The van der Waals surface area contributed by atoms with Gasteiger partial charge in [-0.3, -0.25) is 10.1 Å². The Morgan fingerprint density at radius 3 is 2.42 bits per heavy atom. The van der Waals surface area contributed by atoms with Crippen molar-refractivity contribution in [3.63, 3.8) is 0 Å². The number of rotatable bonds is 4. The lowest BCUT2D eigenvalue weighted by atomic mass is 10.1. The summed E-state index contributed by atoms with van der Waals surface area (Å²) < 4.78 is 30.5. The molecule has 2 saturated heterocycles. The molecule has 2 aliphatic rings. The summed E-state index contributed by atoms with van der Waals surface area (Å²) in [5.74, 6) is 0. The Balaban J connectivity index is 1.86. The Morgan fingerprint density at radius 1 is 1.15 bits per heavy atom. The van der Waals surface area contributed by atoms with Gasteiger partial charge in [0, 0.05) is 50.5 Å². The van der Waals surface area contributed by atoms with E-state index in [-0.39, 0.29) is 16.7 Å². The zero-order valence-corrected chi connectivity index (χ0v) is 15.8. The molecule has 1 aromatic rings. The van der Waals surface area contributed by atoms with Gasteiger partial charge in [0.15, 0.2) is 0 Å². The van der Waals surface area contributed by atoms with Crippen LogP contribution in [0.25, 0.3) is 0 Å². The number of nitro groups is 1. The van der Waals surface area contributed by atoms with Gasteiger partial charge in [-0.25, -0.2) is 8.42 Å². The molecule has 144 valence electrons. The number of hydrogen-bond acceptors (Lipinski definition) is 7. The number of sulfonamides is 1. The van der Waals surface area contributed by atoms with Crippen molar-refractivity contribution in [1.29, 1.82) is 0 Å². The van der Waals surface area contributed by atoms with Crippen LogP contribution in [0.1, 0.15) is 6.92 Å². The summed E-state index contributed by atoms with van der Waals surface area (Å²) in [5, 5.41) is 11.4. The third kappa shape index (κ3) is 3.92. The van der Waals surface area contributed by atoms with E-state index in [1.165, 1.54) is 16.6 Å². The second-order valence-electron chi connectivity index (χ2n) is 6.70. The summed E-state index contributed by atoms with van der Waals surface area (Å²) in [4.78, 5) is 15.1. The van der Waals surface area contributed by atoms with E-state index in [0.29, 0.717) is 51.6 Å². The molecule has 0 aromatic heterocycles. The second kappa shape index (κ2) is 7.37. The van der Waals surface area contributed by atoms with E-state index in [9.17, 15) is 18.5 Å². The van der Waals surface area contributed by atoms with Gasteiger partial charge in [0.1, 0.15) is 5.69 Å². The molecule has 3 rings (SSSR count). The van der Waals surface area contributed by atoms with E-state index in [1.807, 2.05) is 17.9 Å². The molecule has 0 amide bonds. The van der Waals surface area contributed by atoms with Crippen molar-refractivity contribution in [2.24, 2.45) is 0 Å². The number of nitrogens with zero attached hydrogens (tertiary/aromatic N) is 4. The predicted octanol–water partition coefficient (Wildman–Crippen LogP) is 0.902. The Bertz CT molecular complexity index is 779. The van der Waals surface area contributed by atoms with Crippen molar-refractivity contribution >= 4 is 27.1 Å². The summed E-state index contributed by atoms with van der Waals surface area (Å²) in [7, 11) is -3.23. The molecule has 0 saturated carbocycles. The third-order valence-corrected chi connectivity index (χ3v) is 6.26. The molecule has 26 heavy (non-hydrogen) atoms. The number of benzene rings is 1. The summed E-state index contributed by atoms with van der Waals surface area (Å²) in [5.41, 5.74) is 1.55. The smallest absolute Gasteiger partial charge is 0.292 e. The van der Waals surface area contributed by atoms with Crippen molar-refractivity contribution < 1.29 is 18.1 Å². The highest BCUT2D eigenvalue weighted by Gasteiger charge is 2.31. The lowest BCUT2D eigenvalue weighted by Gasteiger charge is -2.39. The van der Waals surface area contributed by atoms with Crippen LogP contribution in [0, 0.1) is 10.1 Å². The molecule has 9 nitrogen and oxygen atoms in total. The zero-order valence-electron chi connectivity index (χ0n) is 15.0. The number of morpholine rings is 1. The predicted molar refractivity (Wildman–Crippen MR) is 99.4 cm³/mol. The average molecular weight is 384 g/mol. The standard InChI is InChI=1S/C16H24N4O5S/c1-13-12-18(5-6-19(13)26(2,23)24)14-3-4-15(20(21)22)16(11-14)17-7-9-25-10-8-17/h3-4,11,13H,5-10,12H2,1-2H3/t13-/m0/s1. The lowest BCUT2D eigenvalue weighted by molar-refractivity contribution is -0.384. The largest absolute Gasteiger partial charge is 0.378 e. The number of hydrogen-bond donors (Lipinski definition) is 0. The second-order valence-corrected chi connectivity index (χ2v) is 8.63. The topological polar surface area (TPSA) is 96.2 Å². The van der Waals surface area contributed by atoms with Gasteiger partial charge >= 0.3 is 0 Å². The maximum atomic E-state index is 11.8. The van der Waals surface area contributed by atoms with Crippen molar-refractivity contribution in [3.05, 3.63) is 28.3 Å². The van der Waals surface area contributed by atoms with Crippen LogP contribution < -0.4 is 9.80 Å². The van der Waals surface area contributed by atoms with E-state index in [0.717, 1.165) is 5.69 Å². The van der Waals surface area contributed by atoms with Gasteiger partial charge in [0.2, 0.25) is 10.0 Å². The highest BCUT2D eigenvalue weighted by atomic mass is 32.2. The summed E-state index contributed by atoms with van der Waals surface area (Å²) >= 11 is 0. The van der Waals surface area contributed by atoms with Gasteiger partial charge in [-0.2, -0.15) is 4.31 Å². The van der Waals surface area contributed by atoms with Crippen LogP contribution in [0.4, 0.5) is 17.1 Å². The number of ether oxygens (including phenoxy) is 1. The normalized spacial score (nSPS) is 22.5. The molecule has 0 unspecified atom stereocenters. The average Bonchev–Trinajstić information content (AvgIpc) is 2.60. The van der Waals surface area contributed by atoms with E-state index >= 15 is 0 Å². The van der Waals surface area contributed by atoms with E-state index in [2.05, 4.69) is 4.90 Å². The first kappa shape index (κ1) is 18.9. The lowest BCUT2D eigenvalue weighted by Crippen LogP contribution is -2.53. The SMILES string of the molecule is C[C@H]1CN(c2ccc([N+](=O)[O-])c(N3CCOCC3)c2)CCN1S(C)(=O)=O. The Kier molecular flexibility index (Phi) is 5.35. The van der Waals surface area contributed by atoms with Gasteiger partial charge in [-0.1, -0.05) is 0 Å². The molecular weight excluding hydrogens is 360 g/mol. The number of nitro benzene ring substituents is 1. The van der Waals surface area contributed by atoms with Crippen LogP contribution in [0.5, 0.6) is 0 Å². The highest BCUT2D eigenvalue weighted by molar-refractivity contribution is 7.88. The van der Waals surface area contributed by atoms with Crippen LogP contribution in [0.3, 0.4) is 0 Å². The molecule has 0 radical (unpaired) electrons.